The van der Waals surface area contributed by atoms with E-state index in [0.29, 0.717) is 0 Å². The van der Waals surface area contributed by atoms with Gasteiger partial charge in [0.05, 0.1) is 4.92 Å². The molecular formula is C29H19ClN2O2. The summed E-state index contributed by atoms with van der Waals surface area (Å²) in [5.41, 5.74) is 8.59. The SMILES string of the molecule is O=[N+]([O-])c1ccc2c(c1)C(=Cc1cn(Cc3ccc(Cl)cc3)c3ccccc13)c1ccccc1-2. The summed E-state index contributed by atoms with van der Waals surface area (Å²) in [4.78, 5) is 11.2. The summed E-state index contributed by atoms with van der Waals surface area (Å²) in [6.45, 7) is 0.722. The standard InChI is InChI=1S/C29H19ClN2O2/c30-21-11-9-19(10-12-21)17-31-18-20(23-5-3-4-8-29(23)31)15-27-25-7-2-1-6-24(25)26-14-13-22(32(33)34)16-28(26)27/h1-16,18H,17H2. The molecule has 164 valence electrons. The second-order valence-corrected chi connectivity index (χ2v) is 8.88. The molecule has 34 heavy (non-hydrogen) atoms. The van der Waals surface area contributed by atoms with Gasteiger partial charge in [0.2, 0.25) is 0 Å². The summed E-state index contributed by atoms with van der Waals surface area (Å²) < 4.78 is 2.24. The zero-order chi connectivity index (χ0) is 23.2. The second kappa shape index (κ2) is 8.01. The van der Waals surface area contributed by atoms with E-state index in [1.165, 1.54) is 0 Å². The zero-order valence-corrected chi connectivity index (χ0v) is 18.9. The van der Waals surface area contributed by atoms with Crippen LogP contribution in [0.3, 0.4) is 0 Å². The molecule has 1 heterocycles. The van der Waals surface area contributed by atoms with E-state index >= 15 is 0 Å². The Bertz CT molecular complexity index is 1610. The van der Waals surface area contributed by atoms with Crippen molar-refractivity contribution in [3.8, 4) is 11.1 Å². The lowest BCUT2D eigenvalue weighted by molar-refractivity contribution is -0.384. The van der Waals surface area contributed by atoms with Gasteiger partial charge in [-0.3, -0.25) is 10.1 Å². The van der Waals surface area contributed by atoms with E-state index in [9.17, 15) is 10.1 Å². The van der Waals surface area contributed by atoms with Gasteiger partial charge in [0.15, 0.2) is 0 Å². The highest BCUT2D eigenvalue weighted by Gasteiger charge is 2.25. The molecule has 0 amide bonds. The number of nitro groups is 1. The van der Waals surface area contributed by atoms with Crippen molar-refractivity contribution in [2.75, 3.05) is 0 Å². The first-order valence-corrected chi connectivity index (χ1v) is 11.4. The first-order chi connectivity index (χ1) is 16.6. The summed E-state index contributed by atoms with van der Waals surface area (Å²) >= 11 is 6.07. The fourth-order valence-electron chi connectivity index (χ4n) is 4.82. The molecular weight excluding hydrogens is 444 g/mol. The Balaban J connectivity index is 1.53. The molecule has 0 aliphatic heterocycles. The lowest BCUT2D eigenvalue weighted by Gasteiger charge is -2.05. The zero-order valence-electron chi connectivity index (χ0n) is 18.1. The molecule has 0 N–H and O–H groups in total. The van der Waals surface area contributed by atoms with E-state index in [-0.39, 0.29) is 10.6 Å². The predicted octanol–water partition coefficient (Wildman–Crippen LogP) is 7.82. The third-order valence-corrected chi connectivity index (χ3v) is 6.65. The van der Waals surface area contributed by atoms with Gasteiger partial charge in [-0.05, 0) is 63.7 Å². The number of hydrogen-bond acceptors (Lipinski definition) is 2. The predicted molar refractivity (Wildman–Crippen MR) is 138 cm³/mol. The summed E-state index contributed by atoms with van der Waals surface area (Å²) in [5, 5.41) is 13.3. The average Bonchev–Trinajstić information content (AvgIpc) is 3.36. The minimum absolute atomic E-state index is 0.0997. The van der Waals surface area contributed by atoms with Crippen LogP contribution >= 0.6 is 11.6 Å². The number of nitro benzene ring substituents is 1. The summed E-state index contributed by atoms with van der Waals surface area (Å²) in [7, 11) is 0. The van der Waals surface area contributed by atoms with Gasteiger partial charge < -0.3 is 4.57 Å². The molecule has 0 fully saturated rings. The molecule has 1 aliphatic rings. The highest BCUT2D eigenvalue weighted by molar-refractivity contribution is 6.30. The van der Waals surface area contributed by atoms with E-state index in [1.807, 2.05) is 54.6 Å². The van der Waals surface area contributed by atoms with Crippen molar-refractivity contribution >= 4 is 39.8 Å². The van der Waals surface area contributed by atoms with E-state index in [1.54, 1.807) is 12.1 Å². The van der Waals surface area contributed by atoms with Crippen LogP contribution < -0.4 is 0 Å². The van der Waals surface area contributed by atoms with E-state index in [4.69, 9.17) is 11.6 Å². The average molecular weight is 463 g/mol. The molecule has 4 nitrogen and oxygen atoms in total. The van der Waals surface area contributed by atoms with Gasteiger partial charge in [-0.1, -0.05) is 66.2 Å². The number of fused-ring (bicyclic) bond motifs is 4. The van der Waals surface area contributed by atoms with Crippen LogP contribution in [0.1, 0.15) is 22.3 Å². The van der Waals surface area contributed by atoms with Crippen molar-refractivity contribution in [3.05, 3.63) is 135 Å². The molecule has 6 rings (SSSR count). The minimum Gasteiger partial charge on any atom is -0.342 e. The maximum atomic E-state index is 11.5. The fraction of sp³-hybridized carbons (Fsp3) is 0.0345. The van der Waals surface area contributed by atoms with Gasteiger partial charge in [-0.15, -0.1) is 0 Å². The van der Waals surface area contributed by atoms with Gasteiger partial charge in [0.25, 0.3) is 5.69 Å². The van der Waals surface area contributed by atoms with Gasteiger partial charge >= 0.3 is 0 Å². The number of hydrogen-bond donors (Lipinski definition) is 0. The molecule has 5 heteroatoms. The van der Waals surface area contributed by atoms with Crippen molar-refractivity contribution < 1.29 is 4.92 Å². The normalized spacial score (nSPS) is 13.3. The lowest BCUT2D eigenvalue weighted by atomic mass is 10.0. The summed E-state index contributed by atoms with van der Waals surface area (Å²) in [6.07, 6.45) is 4.32. The van der Waals surface area contributed by atoms with Crippen LogP contribution in [0, 0.1) is 10.1 Å². The Hall–Kier alpha value is -4.15. The molecule has 0 saturated heterocycles. The molecule has 0 saturated carbocycles. The van der Waals surface area contributed by atoms with Gasteiger partial charge in [0.1, 0.15) is 0 Å². The Morgan fingerprint density at radius 2 is 1.53 bits per heavy atom. The largest absolute Gasteiger partial charge is 0.342 e. The van der Waals surface area contributed by atoms with Crippen LogP contribution in [0.5, 0.6) is 0 Å². The topological polar surface area (TPSA) is 48.1 Å². The fourth-order valence-corrected chi connectivity index (χ4v) is 4.95. The molecule has 4 aromatic carbocycles. The monoisotopic (exact) mass is 462 g/mol. The third kappa shape index (κ3) is 3.40. The molecule has 0 spiro atoms. The Labute approximate surface area is 201 Å². The highest BCUT2D eigenvalue weighted by atomic mass is 35.5. The molecule has 0 radical (unpaired) electrons. The van der Waals surface area contributed by atoms with Crippen molar-refractivity contribution in [1.29, 1.82) is 0 Å². The number of para-hydroxylation sites is 1. The molecule has 0 unspecified atom stereocenters. The first-order valence-electron chi connectivity index (χ1n) is 11.0. The highest BCUT2D eigenvalue weighted by Crippen LogP contribution is 2.46. The number of halogens is 1. The molecule has 0 bridgehead atoms. The van der Waals surface area contributed by atoms with E-state index < -0.39 is 0 Å². The quantitative estimate of drug-likeness (QED) is 0.198. The van der Waals surface area contributed by atoms with Crippen LogP contribution in [0.2, 0.25) is 5.02 Å². The lowest BCUT2D eigenvalue weighted by Crippen LogP contribution is -1.97. The Morgan fingerprint density at radius 3 is 2.32 bits per heavy atom. The second-order valence-electron chi connectivity index (χ2n) is 8.45. The Morgan fingerprint density at radius 1 is 0.824 bits per heavy atom. The van der Waals surface area contributed by atoms with Crippen molar-refractivity contribution in [2.45, 2.75) is 6.54 Å². The van der Waals surface area contributed by atoms with Crippen LogP contribution in [0.15, 0.2) is 97.2 Å². The van der Waals surface area contributed by atoms with Crippen LogP contribution in [-0.2, 0) is 6.54 Å². The van der Waals surface area contributed by atoms with Gasteiger partial charge in [0, 0.05) is 46.4 Å². The smallest absolute Gasteiger partial charge is 0.270 e. The maximum absolute atomic E-state index is 11.5. The van der Waals surface area contributed by atoms with Crippen molar-refractivity contribution in [3.63, 3.8) is 0 Å². The van der Waals surface area contributed by atoms with Crippen LogP contribution in [0.25, 0.3) is 33.7 Å². The number of benzene rings is 4. The number of non-ortho nitro benzene ring substituents is 1. The Kier molecular flexibility index (Phi) is 4.82. The number of aromatic nitrogens is 1. The molecule has 5 aromatic rings. The molecule has 0 atom stereocenters. The number of rotatable bonds is 4. The van der Waals surface area contributed by atoms with Crippen molar-refractivity contribution in [1.82, 2.24) is 4.57 Å². The van der Waals surface area contributed by atoms with Gasteiger partial charge in [-0.2, -0.15) is 0 Å². The van der Waals surface area contributed by atoms with E-state index in [0.717, 1.165) is 61.4 Å². The minimum atomic E-state index is -0.334. The number of nitrogens with zero attached hydrogens (tertiary/aromatic N) is 2. The van der Waals surface area contributed by atoms with Crippen LogP contribution in [-0.4, -0.2) is 9.49 Å². The van der Waals surface area contributed by atoms with Gasteiger partial charge in [-0.25, -0.2) is 0 Å². The molecule has 1 aliphatic carbocycles. The molecule has 1 aromatic heterocycles. The summed E-state index contributed by atoms with van der Waals surface area (Å²) in [5.74, 6) is 0. The van der Waals surface area contributed by atoms with Crippen molar-refractivity contribution in [2.24, 2.45) is 0 Å². The first kappa shape index (κ1) is 20.5. The van der Waals surface area contributed by atoms with E-state index in [2.05, 4.69) is 41.1 Å². The summed E-state index contributed by atoms with van der Waals surface area (Å²) in [6, 6.07) is 29.5. The van der Waals surface area contributed by atoms with Crippen LogP contribution in [0.4, 0.5) is 5.69 Å². The maximum Gasteiger partial charge on any atom is 0.270 e. The third-order valence-electron chi connectivity index (χ3n) is 6.40.